The number of amides is 1. The molecule has 1 heterocycles. The summed E-state index contributed by atoms with van der Waals surface area (Å²) in [7, 11) is 1.67. The van der Waals surface area contributed by atoms with Gasteiger partial charge in [0.2, 0.25) is 0 Å². The largest absolute Gasteiger partial charge is 0.477 e. The molecule has 8 heteroatoms. The van der Waals surface area contributed by atoms with Crippen LogP contribution < -0.4 is 4.74 Å². The van der Waals surface area contributed by atoms with Crippen LogP contribution in [-0.2, 0) is 11.3 Å². The summed E-state index contributed by atoms with van der Waals surface area (Å²) >= 11 is 4.92. The van der Waals surface area contributed by atoms with Gasteiger partial charge in [0.05, 0.1) is 15.3 Å². The highest BCUT2D eigenvalue weighted by molar-refractivity contribution is 9.11. The number of para-hydroxylation sites is 2. The Hall–Kier alpha value is -1.93. The molecule has 0 radical (unpaired) electrons. The second-order valence-corrected chi connectivity index (χ2v) is 7.02. The van der Waals surface area contributed by atoms with Gasteiger partial charge in [-0.15, -0.1) is 11.3 Å². The summed E-state index contributed by atoms with van der Waals surface area (Å²) in [6.07, 6.45) is 0. The number of nitro benzene ring substituents is 1. The molecule has 2 rings (SSSR count). The van der Waals surface area contributed by atoms with Crippen LogP contribution in [0.5, 0.6) is 5.75 Å². The number of rotatable bonds is 6. The first-order valence-electron chi connectivity index (χ1n) is 6.32. The van der Waals surface area contributed by atoms with E-state index in [-0.39, 0.29) is 24.0 Å². The van der Waals surface area contributed by atoms with E-state index in [1.807, 2.05) is 12.1 Å². The third-order valence-corrected chi connectivity index (χ3v) is 4.47. The van der Waals surface area contributed by atoms with Gasteiger partial charge in [-0.1, -0.05) is 12.1 Å². The standard InChI is InChI=1S/C14H13BrN2O4S/c1-16(8-10-6-7-13(15)22-10)14(18)9-21-12-5-3-2-4-11(12)17(19)20/h2-7H,8-9H2,1H3. The van der Waals surface area contributed by atoms with Crippen molar-refractivity contribution in [1.29, 1.82) is 0 Å². The first-order chi connectivity index (χ1) is 10.5. The Labute approximate surface area is 139 Å². The number of carbonyl (C=O) groups is 1. The van der Waals surface area contributed by atoms with Crippen LogP contribution in [0, 0.1) is 10.1 Å². The molecule has 0 saturated heterocycles. The SMILES string of the molecule is CN(Cc1ccc(Br)s1)C(=O)COc1ccccc1[N+](=O)[O-]. The topological polar surface area (TPSA) is 72.7 Å². The zero-order chi connectivity index (χ0) is 16.1. The van der Waals surface area contributed by atoms with Crippen LogP contribution in [0.2, 0.25) is 0 Å². The summed E-state index contributed by atoms with van der Waals surface area (Å²) in [5.41, 5.74) is -0.153. The summed E-state index contributed by atoms with van der Waals surface area (Å²) in [4.78, 5) is 24.9. The van der Waals surface area contributed by atoms with Gasteiger partial charge in [0.1, 0.15) is 0 Å². The van der Waals surface area contributed by atoms with Crippen LogP contribution >= 0.6 is 27.3 Å². The van der Waals surface area contributed by atoms with Crippen LogP contribution in [0.15, 0.2) is 40.2 Å². The molecule has 0 N–H and O–H groups in total. The highest BCUT2D eigenvalue weighted by Crippen LogP contribution is 2.26. The average molecular weight is 385 g/mol. The number of nitro groups is 1. The molecule has 1 amide bonds. The van der Waals surface area contributed by atoms with E-state index in [9.17, 15) is 14.9 Å². The Bertz CT molecular complexity index is 689. The molecule has 0 atom stereocenters. The lowest BCUT2D eigenvalue weighted by atomic mass is 10.3. The minimum absolute atomic E-state index is 0.0909. The first-order valence-corrected chi connectivity index (χ1v) is 7.92. The molecule has 0 saturated carbocycles. The molecule has 0 aliphatic rings. The smallest absolute Gasteiger partial charge is 0.310 e. The number of nitrogens with zero attached hydrogens (tertiary/aromatic N) is 2. The molecule has 0 fully saturated rings. The summed E-state index contributed by atoms with van der Waals surface area (Å²) in [5, 5.41) is 10.9. The zero-order valence-corrected chi connectivity index (χ0v) is 14.1. The van der Waals surface area contributed by atoms with E-state index in [1.54, 1.807) is 30.5 Å². The minimum Gasteiger partial charge on any atom is -0.477 e. The molecule has 0 bridgehead atoms. The summed E-state index contributed by atoms with van der Waals surface area (Å²) < 4.78 is 6.29. The fourth-order valence-electron chi connectivity index (χ4n) is 1.74. The number of carbonyl (C=O) groups excluding carboxylic acids is 1. The molecule has 6 nitrogen and oxygen atoms in total. The van der Waals surface area contributed by atoms with Gasteiger partial charge >= 0.3 is 5.69 Å². The molecule has 1 aromatic heterocycles. The minimum atomic E-state index is -0.535. The van der Waals surface area contributed by atoms with Crippen molar-refractivity contribution in [1.82, 2.24) is 4.90 Å². The van der Waals surface area contributed by atoms with Gasteiger partial charge < -0.3 is 9.64 Å². The molecule has 22 heavy (non-hydrogen) atoms. The van der Waals surface area contributed by atoms with Crippen LogP contribution in [0.1, 0.15) is 4.88 Å². The van der Waals surface area contributed by atoms with Crippen molar-refractivity contribution < 1.29 is 14.5 Å². The van der Waals surface area contributed by atoms with Gasteiger partial charge in [-0.3, -0.25) is 14.9 Å². The number of benzene rings is 1. The van der Waals surface area contributed by atoms with Crippen molar-refractivity contribution >= 4 is 38.9 Å². The van der Waals surface area contributed by atoms with Crippen LogP contribution in [0.3, 0.4) is 0 Å². The number of thiophene rings is 1. The van der Waals surface area contributed by atoms with Crippen molar-refractivity contribution in [2.75, 3.05) is 13.7 Å². The van der Waals surface area contributed by atoms with E-state index in [0.717, 1.165) is 8.66 Å². The highest BCUT2D eigenvalue weighted by atomic mass is 79.9. The molecule has 0 aliphatic carbocycles. The Balaban J connectivity index is 1.93. The van der Waals surface area contributed by atoms with Crippen LogP contribution in [0.4, 0.5) is 5.69 Å². The van der Waals surface area contributed by atoms with E-state index in [2.05, 4.69) is 15.9 Å². The predicted octanol–water partition coefficient (Wildman–Crippen LogP) is 3.46. The molecule has 2 aromatic rings. The van der Waals surface area contributed by atoms with E-state index in [1.165, 1.54) is 17.0 Å². The van der Waals surface area contributed by atoms with Gasteiger partial charge in [0.25, 0.3) is 5.91 Å². The fourth-order valence-corrected chi connectivity index (χ4v) is 3.28. The Morgan fingerprint density at radius 2 is 2.09 bits per heavy atom. The first kappa shape index (κ1) is 16.4. The monoisotopic (exact) mass is 384 g/mol. The molecule has 0 aliphatic heterocycles. The van der Waals surface area contributed by atoms with Crippen LogP contribution in [0.25, 0.3) is 0 Å². The van der Waals surface area contributed by atoms with Gasteiger partial charge in [0, 0.05) is 18.0 Å². The lowest BCUT2D eigenvalue weighted by molar-refractivity contribution is -0.385. The van der Waals surface area contributed by atoms with E-state index in [4.69, 9.17) is 4.74 Å². The van der Waals surface area contributed by atoms with Gasteiger partial charge in [-0.05, 0) is 34.1 Å². The number of hydrogen-bond acceptors (Lipinski definition) is 5. The van der Waals surface area contributed by atoms with Crippen molar-refractivity contribution in [3.63, 3.8) is 0 Å². The predicted molar refractivity (Wildman–Crippen MR) is 87.1 cm³/mol. The summed E-state index contributed by atoms with van der Waals surface area (Å²) in [6, 6.07) is 9.84. The Morgan fingerprint density at radius 3 is 2.73 bits per heavy atom. The average Bonchev–Trinajstić information content (AvgIpc) is 2.90. The Kier molecular flexibility index (Phi) is 5.51. The molecule has 0 spiro atoms. The third-order valence-electron chi connectivity index (χ3n) is 2.86. The third kappa shape index (κ3) is 4.28. The number of ether oxygens (including phenoxy) is 1. The second-order valence-electron chi connectivity index (χ2n) is 4.47. The van der Waals surface area contributed by atoms with Gasteiger partial charge in [0.15, 0.2) is 12.4 Å². The maximum Gasteiger partial charge on any atom is 0.310 e. The number of halogens is 1. The zero-order valence-electron chi connectivity index (χ0n) is 11.7. The quantitative estimate of drug-likeness (QED) is 0.564. The Morgan fingerprint density at radius 1 is 1.36 bits per heavy atom. The van der Waals surface area contributed by atoms with E-state index < -0.39 is 4.92 Å². The maximum atomic E-state index is 12.0. The second kappa shape index (κ2) is 7.37. The lowest BCUT2D eigenvalue weighted by Gasteiger charge is -2.16. The molecule has 1 aromatic carbocycles. The molecule has 0 unspecified atom stereocenters. The lowest BCUT2D eigenvalue weighted by Crippen LogP contribution is -2.30. The number of likely N-dealkylation sites (N-methyl/N-ethyl adjacent to an activating group) is 1. The van der Waals surface area contributed by atoms with Gasteiger partial charge in [-0.2, -0.15) is 0 Å². The van der Waals surface area contributed by atoms with Crippen molar-refractivity contribution in [2.24, 2.45) is 0 Å². The maximum absolute atomic E-state index is 12.0. The summed E-state index contributed by atoms with van der Waals surface area (Å²) in [6.45, 7) is 0.225. The van der Waals surface area contributed by atoms with Gasteiger partial charge in [-0.25, -0.2) is 0 Å². The van der Waals surface area contributed by atoms with Crippen molar-refractivity contribution in [2.45, 2.75) is 6.54 Å². The molecule has 116 valence electrons. The van der Waals surface area contributed by atoms with Crippen molar-refractivity contribution in [3.05, 3.63) is 55.2 Å². The van der Waals surface area contributed by atoms with Crippen molar-refractivity contribution in [3.8, 4) is 5.75 Å². The fraction of sp³-hybridized carbons (Fsp3) is 0.214. The number of hydrogen-bond donors (Lipinski definition) is 0. The van der Waals surface area contributed by atoms with E-state index in [0.29, 0.717) is 6.54 Å². The molecular weight excluding hydrogens is 372 g/mol. The summed E-state index contributed by atoms with van der Waals surface area (Å²) in [5.74, 6) is -0.157. The van der Waals surface area contributed by atoms with E-state index >= 15 is 0 Å². The molecular formula is C14H13BrN2O4S. The highest BCUT2D eigenvalue weighted by Gasteiger charge is 2.16. The normalized spacial score (nSPS) is 10.3. The van der Waals surface area contributed by atoms with Crippen LogP contribution in [-0.4, -0.2) is 29.4 Å².